The summed E-state index contributed by atoms with van der Waals surface area (Å²) in [6.07, 6.45) is 2.24. The average molecular weight is 358 g/mol. The fourth-order valence-electron chi connectivity index (χ4n) is 2.89. The highest BCUT2D eigenvalue weighted by atomic mass is 32.1. The van der Waals surface area contributed by atoms with Crippen LogP contribution in [-0.4, -0.2) is 36.4 Å². The molecule has 0 saturated carbocycles. The van der Waals surface area contributed by atoms with Crippen molar-refractivity contribution in [2.24, 2.45) is 5.92 Å². The van der Waals surface area contributed by atoms with Gasteiger partial charge in [-0.1, -0.05) is 13.0 Å². The Morgan fingerprint density at radius 1 is 1.28 bits per heavy atom. The largest absolute Gasteiger partial charge is 0.484 e. The zero-order valence-corrected chi connectivity index (χ0v) is 15.1. The monoisotopic (exact) mass is 358 g/mol. The molecule has 6 heteroatoms. The Bertz CT molecular complexity index is 713. The van der Waals surface area contributed by atoms with Gasteiger partial charge < -0.3 is 15.0 Å². The van der Waals surface area contributed by atoms with E-state index in [4.69, 9.17) is 4.74 Å². The van der Waals surface area contributed by atoms with Gasteiger partial charge in [0.15, 0.2) is 6.61 Å². The van der Waals surface area contributed by atoms with Crippen molar-refractivity contribution in [3.05, 3.63) is 46.7 Å². The van der Waals surface area contributed by atoms with Gasteiger partial charge in [0.25, 0.3) is 11.8 Å². The van der Waals surface area contributed by atoms with Crippen LogP contribution in [0.15, 0.2) is 41.8 Å². The third-order valence-electron chi connectivity index (χ3n) is 4.23. The van der Waals surface area contributed by atoms with Crippen LogP contribution in [0.5, 0.6) is 5.75 Å². The number of carbonyl (C=O) groups excluding carboxylic acids is 2. The standard InChI is InChI=1S/C19H22N2O3S/c1-14-4-2-10-21(12-14)18(22)13-24-16-8-6-15(7-9-16)20-19(23)17-5-3-11-25-17/h3,5-9,11,14H,2,4,10,12-13H2,1H3,(H,20,23). The van der Waals surface area contributed by atoms with Gasteiger partial charge in [-0.3, -0.25) is 9.59 Å². The summed E-state index contributed by atoms with van der Waals surface area (Å²) in [4.78, 5) is 26.7. The van der Waals surface area contributed by atoms with Crippen molar-refractivity contribution in [1.29, 1.82) is 0 Å². The van der Waals surface area contributed by atoms with Gasteiger partial charge in [0.05, 0.1) is 4.88 Å². The molecule has 1 atom stereocenters. The molecular formula is C19H22N2O3S. The summed E-state index contributed by atoms with van der Waals surface area (Å²) in [6.45, 7) is 3.85. The molecule has 132 valence electrons. The van der Waals surface area contributed by atoms with Gasteiger partial charge in [0.2, 0.25) is 0 Å². The number of nitrogens with one attached hydrogen (secondary N) is 1. The van der Waals surface area contributed by atoms with Gasteiger partial charge in [-0.25, -0.2) is 0 Å². The van der Waals surface area contributed by atoms with E-state index in [1.54, 1.807) is 30.3 Å². The number of hydrogen-bond donors (Lipinski definition) is 1. The molecule has 1 aliphatic heterocycles. The van der Waals surface area contributed by atoms with E-state index in [9.17, 15) is 9.59 Å². The van der Waals surface area contributed by atoms with Crippen molar-refractivity contribution in [3.8, 4) is 5.75 Å². The molecule has 0 radical (unpaired) electrons. The van der Waals surface area contributed by atoms with Gasteiger partial charge in [-0.2, -0.15) is 0 Å². The van der Waals surface area contributed by atoms with Crippen LogP contribution in [-0.2, 0) is 4.79 Å². The topological polar surface area (TPSA) is 58.6 Å². The number of thiophene rings is 1. The first-order valence-corrected chi connectivity index (χ1v) is 9.35. The van der Waals surface area contributed by atoms with Crippen LogP contribution >= 0.6 is 11.3 Å². The van der Waals surface area contributed by atoms with E-state index in [0.29, 0.717) is 22.2 Å². The lowest BCUT2D eigenvalue weighted by atomic mass is 10.0. The molecule has 0 spiro atoms. The van der Waals surface area contributed by atoms with Crippen molar-refractivity contribution in [2.75, 3.05) is 25.0 Å². The maximum Gasteiger partial charge on any atom is 0.265 e. The summed E-state index contributed by atoms with van der Waals surface area (Å²) < 4.78 is 5.59. The van der Waals surface area contributed by atoms with Gasteiger partial charge in [-0.05, 0) is 54.5 Å². The summed E-state index contributed by atoms with van der Waals surface area (Å²) in [5, 5.41) is 4.70. The number of hydrogen-bond acceptors (Lipinski definition) is 4. The summed E-state index contributed by atoms with van der Waals surface area (Å²) in [5.74, 6) is 1.08. The van der Waals surface area contributed by atoms with Gasteiger partial charge >= 0.3 is 0 Å². The van der Waals surface area contributed by atoms with Crippen LogP contribution in [0.2, 0.25) is 0 Å². The van der Waals surface area contributed by atoms with Crippen LogP contribution in [0.1, 0.15) is 29.4 Å². The highest BCUT2D eigenvalue weighted by Crippen LogP contribution is 2.19. The molecule has 2 aromatic rings. The van der Waals surface area contributed by atoms with Crippen molar-refractivity contribution in [1.82, 2.24) is 4.90 Å². The summed E-state index contributed by atoms with van der Waals surface area (Å²) >= 11 is 1.40. The number of amides is 2. The van der Waals surface area contributed by atoms with Crippen LogP contribution in [0.25, 0.3) is 0 Å². The van der Waals surface area contributed by atoms with E-state index in [0.717, 1.165) is 19.5 Å². The Morgan fingerprint density at radius 3 is 2.76 bits per heavy atom. The van der Waals surface area contributed by atoms with E-state index in [2.05, 4.69) is 12.2 Å². The van der Waals surface area contributed by atoms with Crippen LogP contribution < -0.4 is 10.1 Å². The van der Waals surface area contributed by atoms with E-state index in [1.807, 2.05) is 16.3 Å². The van der Waals surface area contributed by atoms with Crippen LogP contribution in [0.4, 0.5) is 5.69 Å². The number of benzene rings is 1. The predicted octanol–water partition coefficient (Wildman–Crippen LogP) is 3.64. The number of ether oxygens (including phenoxy) is 1. The average Bonchev–Trinajstić information content (AvgIpc) is 3.16. The minimum atomic E-state index is -0.127. The minimum Gasteiger partial charge on any atom is -0.484 e. The molecule has 3 rings (SSSR count). The quantitative estimate of drug-likeness (QED) is 0.888. The summed E-state index contributed by atoms with van der Waals surface area (Å²) in [7, 11) is 0. The Kier molecular flexibility index (Phi) is 5.71. The number of rotatable bonds is 5. The molecule has 0 aliphatic carbocycles. The second-order valence-corrected chi connectivity index (χ2v) is 7.28. The number of piperidine rings is 1. The zero-order chi connectivity index (χ0) is 17.6. The first kappa shape index (κ1) is 17.5. The second-order valence-electron chi connectivity index (χ2n) is 6.33. The van der Waals surface area contributed by atoms with Crippen molar-refractivity contribution in [3.63, 3.8) is 0 Å². The highest BCUT2D eigenvalue weighted by molar-refractivity contribution is 7.12. The molecule has 1 aliphatic rings. The fraction of sp³-hybridized carbons (Fsp3) is 0.368. The van der Waals surface area contributed by atoms with Crippen molar-refractivity contribution < 1.29 is 14.3 Å². The molecule has 1 unspecified atom stereocenters. The molecule has 2 amide bonds. The second kappa shape index (κ2) is 8.16. The number of nitrogens with zero attached hydrogens (tertiary/aromatic N) is 1. The first-order chi connectivity index (χ1) is 12.1. The number of carbonyl (C=O) groups is 2. The minimum absolute atomic E-state index is 0.0293. The maximum absolute atomic E-state index is 12.2. The normalized spacial score (nSPS) is 17.2. The smallest absolute Gasteiger partial charge is 0.265 e. The lowest BCUT2D eigenvalue weighted by molar-refractivity contribution is -0.135. The van der Waals surface area contributed by atoms with Gasteiger partial charge in [0, 0.05) is 18.8 Å². The Morgan fingerprint density at radius 2 is 2.08 bits per heavy atom. The Balaban J connectivity index is 1.49. The van der Waals surface area contributed by atoms with Gasteiger partial charge in [0.1, 0.15) is 5.75 Å². The zero-order valence-electron chi connectivity index (χ0n) is 14.2. The highest BCUT2D eigenvalue weighted by Gasteiger charge is 2.21. The van der Waals surface area contributed by atoms with Gasteiger partial charge in [-0.15, -0.1) is 11.3 Å². The predicted molar refractivity (Wildman–Crippen MR) is 99.2 cm³/mol. The molecule has 1 fully saturated rings. The van der Waals surface area contributed by atoms with Crippen LogP contribution in [0.3, 0.4) is 0 Å². The van der Waals surface area contributed by atoms with Crippen LogP contribution in [0, 0.1) is 5.92 Å². The molecular weight excluding hydrogens is 336 g/mol. The lowest BCUT2D eigenvalue weighted by Crippen LogP contribution is -2.41. The van der Waals surface area contributed by atoms with Crippen molar-refractivity contribution in [2.45, 2.75) is 19.8 Å². The molecule has 1 aromatic carbocycles. The third-order valence-corrected chi connectivity index (χ3v) is 5.10. The number of likely N-dealkylation sites (tertiary alicyclic amines) is 1. The molecule has 5 nitrogen and oxygen atoms in total. The Labute approximate surface area is 151 Å². The lowest BCUT2D eigenvalue weighted by Gasteiger charge is -2.30. The number of anilines is 1. The summed E-state index contributed by atoms with van der Waals surface area (Å²) in [5.41, 5.74) is 0.696. The first-order valence-electron chi connectivity index (χ1n) is 8.47. The molecule has 25 heavy (non-hydrogen) atoms. The van der Waals surface area contributed by atoms with E-state index in [1.165, 1.54) is 17.8 Å². The molecule has 1 saturated heterocycles. The summed E-state index contributed by atoms with van der Waals surface area (Å²) in [6, 6.07) is 10.7. The van der Waals surface area contributed by atoms with E-state index in [-0.39, 0.29) is 18.4 Å². The fourth-order valence-corrected chi connectivity index (χ4v) is 3.51. The molecule has 1 aromatic heterocycles. The maximum atomic E-state index is 12.2. The third kappa shape index (κ3) is 4.82. The van der Waals surface area contributed by atoms with E-state index < -0.39 is 0 Å². The van der Waals surface area contributed by atoms with E-state index >= 15 is 0 Å². The van der Waals surface area contributed by atoms with Crippen molar-refractivity contribution >= 4 is 28.8 Å². The molecule has 0 bridgehead atoms. The SMILES string of the molecule is CC1CCCN(C(=O)COc2ccc(NC(=O)c3cccs3)cc2)C1. The molecule has 2 heterocycles. The Hall–Kier alpha value is -2.34. The molecule has 1 N–H and O–H groups in total.